The Balaban J connectivity index is 1.57. The van der Waals surface area contributed by atoms with Crippen LogP contribution < -0.4 is 4.90 Å². The van der Waals surface area contributed by atoms with E-state index in [1.165, 1.54) is 27.5 Å². The third kappa shape index (κ3) is 3.08. The van der Waals surface area contributed by atoms with E-state index in [0.29, 0.717) is 6.10 Å². The zero-order chi connectivity index (χ0) is 15.1. The monoisotopic (exact) mass is 408 g/mol. The first-order valence-electron chi connectivity index (χ1n) is 8.12. The van der Waals surface area contributed by atoms with Crippen molar-refractivity contribution in [1.82, 2.24) is 4.98 Å². The lowest BCUT2D eigenvalue weighted by molar-refractivity contribution is 0.0605. The van der Waals surface area contributed by atoms with Gasteiger partial charge in [-0.3, -0.25) is 4.98 Å². The Labute approximate surface area is 145 Å². The van der Waals surface area contributed by atoms with Crippen molar-refractivity contribution in [2.24, 2.45) is 5.92 Å². The fourth-order valence-corrected chi connectivity index (χ4v) is 3.69. The summed E-state index contributed by atoms with van der Waals surface area (Å²) in [5.41, 5.74) is 3.51. The van der Waals surface area contributed by atoms with Gasteiger partial charge >= 0.3 is 0 Å². The summed E-state index contributed by atoms with van der Waals surface area (Å²) in [6.07, 6.45) is 4.26. The van der Waals surface area contributed by atoms with Gasteiger partial charge in [0, 0.05) is 40.0 Å². The molecule has 0 bridgehead atoms. The number of anilines is 1. The van der Waals surface area contributed by atoms with Gasteiger partial charge in [0.25, 0.3) is 0 Å². The summed E-state index contributed by atoms with van der Waals surface area (Å²) >= 11 is 2.35. The van der Waals surface area contributed by atoms with Crippen molar-refractivity contribution in [1.29, 1.82) is 0 Å². The van der Waals surface area contributed by atoms with Gasteiger partial charge in [0.2, 0.25) is 0 Å². The smallest absolute Gasteiger partial charge is 0.0766 e. The van der Waals surface area contributed by atoms with E-state index in [2.05, 4.69) is 58.7 Å². The lowest BCUT2D eigenvalue weighted by Gasteiger charge is -2.21. The molecule has 0 radical (unpaired) electrons. The summed E-state index contributed by atoms with van der Waals surface area (Å²) in [5.74, 6) is 0.847. The molecule has 2 fully saturated rings. The molecule has 2 heterocycles. The Kier molecular flexibility index (Phi) is 3.98. The van der Waals surface area contributed by atoms with E-state index >= 15 is 0 Å². The van der Waals surface area contributed by atoms with Crippen LogP contribution in [0.5, 0.6) is 0 Å². The molecule has 0 amide bonds. The van der Waals surface area contributed by atoms with E-state index in [1.807, 2.05) is 0 Å². The molecule has 0 unspecified atom stereocenters. The van der Waals surface area contributed by atoms with Crippen molar-refractivity contribution in [3.8, 4) is 0 Å². The zero-order valence-electron chi connectivity index (χ0n) is 12.9. The van der Waals surface area contributed by atoms with Crippen molar-refractivity contribution >= 4 is 39.2 Å². The molecule has 116 valence electrons. The molecule has 2 aliphatic rings. The second kappa shape index (κ2) is 5.96. The summed E-state index contributed by atoms with van der Waals surface area (Å²) < 4.78 is 7.32. The standard InChI is InChI=1S/C18H21IN2O/c1-12-8-18(16-5-4-14(19)9-17(16)20-12)21-7-6-15(10-21)22-11-13-2-3-13/h4-5,8-9,13,15H,2-3,6-7,10-11H2,1H3/t15-/m0/s1. The van der Waals surface area contributed by atoms with Crippen LogP contribution in [0.25, 0.3) is 10.9 Å². The molecule has 22 heavy (non-hydrogen) atoms. The first-order valence-corrected chi connectivity index (χ1v) is 9.20. The maximum Gasteiger partial charge on any atom is 0.0766 e. The molecule has 4 heteroatoms. The molecular weight excluding hydrogens is 387 g/mol. The minimum atomic E-state index is 0.396. The maximum atomic E-state index is 6.08. The average Bonchev–Trinajstić information content (AvgIpc) is 3.20. The normalized spacial score (nSPS) is 21.7. The number of hydrogen-bond acceptors (Lipinski definition) is 3. The largest absolute Gasteiger partial charge is 0.376 e. The Morgan fingerprint density at radius 2 is 2.14 bits per heavy atom. The third-order valence-electron chi connectivity index (χ3n) is 4.63. The van der Waals surface area contributed by atoms with E-state index < -0.39 is 0 Å². The molecule has 0 N–H and O–H groups in total. The van der Waals surface area contributed by atoms with Gasteiger partial charge in [0.15, 0.2) is 0 Å². The summed E-state index contributed by atoms with van der Waals surface area (Å²) in [4.78, 5) is 7.17. The highest BCUT2D eigenvalue weighted by molar-refractivity contribution is 14.1. The van der Waals surface area contributed by atoms with Crippen molar-refractivity contribution in [2.45, 2.75) is 32.3 Å². The minimum Gasteiger partial charge on any atom is -0.376 e. The first kappa shape index (κ1) is 14.7. The predicted octanol–water partition coefficient (Wildman–Crippen LogP) is 4.15. The Morgan fingerprint density at radius 1 is 1.27 bits per heavy atom. The number of nitrogens with zero attached hydrogens (tertiary/aromatic N) is 2. The molecule has 1 aliphatic heterocycles. The van der Waals surface area contributed by atoms with Crippen LogP contribution in [0.1, 0.15) is 25.0 Å². The fourth-order valence-electron chi connectivity index (χ4n) is 3.21. The van der Waals surface area contributed by atoms with Gasteiger partial charge < -0.3 is 9.64 Å². The van der Waals surface area contributed by atoms with Crippen molar-refractivity contribution < 1.29 is 4.74 Å². The van der Waals surface area contributed by atoms with Gasteiger partial charge in [-0.1, -0.05) is 0 Å². The maximum absolute atomic E-state index is 6.08. The van der Waals surface area contributed by atoms with Crippen LogP contribution in [0, 0.1) is 16.4 Å². The van der Waals surface area contributed by atoms with Gasteiger partial charge in [-0.2, -0.15) is 0 Å². The highest BCUT2D eigenvalue weighted by Crippen LogP contribution is 2.33. The summed E-state index contributed by atoms with van der Waals surface area (Å²) in [6.45, 7) is 5.14. The highest BCUT2D eigenvalue weighted by atomic mass is 127. The molecule has 1 aliphatic carbocycles. The highest BCUT2D eigenvalue weighted by Gasteiger charge is 2.28. The number of halogens is 1. The lowest BCUT2D eigenvalue weighted by atomic mass is 10.1. The summed E-state index contributed by atoms with van der Waals surface area (Å²) in [7, 11) is 0. The van der Waals surface area contributed by atoms with Crippen LogP contribution >= 0.6 is 22.6 Å². The first-order chi connectivity index (χ1) is 10.7. The number of hydrogen-bond donors (Lipinski definition) is 0. The third-order valence-corrected chi connectivity index (χ3v) is 5.30. The van der Waals surface area contributed by atoms with Crippen LogP contribution in [0.15, 0.2) is 24.3 Å². The molecule has 1 aromatic carbocycles. The van der Waals surface area contributed by atoms with Gasteiger partial charge in [0.1, 0.15) is 0 Å². The molecule has 1 saturated carbocycles. The average molecular weight is 408 g/mol. The Hall–Kier alpha value is -0.880. The number of pyridine rings is 1. The van der Waals surface area contributed by atoms with E-state index in [-0.39, 0.29) is 0 Å². The van der Waals surface area contributed by atoms with E-state index in [1.54, 1.807) is 0 Å². The van der Waals surface area contributed by atoms with E-state index in [0.717, 1.165) is 43.2 Å². The Morgan fingerprint density at radius 3 is 2.95 bits per heavy atom. The van der Waals surface area contributed by atoms with Crippen LogP contribution in [0.3, 0.4) is 0 Å². The predicted molar refractivity (Wildman–Crippen MR) is 98.5 cm³/mol. The fraction of sp³-hybridized carbons (Fsp3) is 0.500. The van der Waals surface area contributed by atoms with Gasteiger partial charge in [-0.05, 0) is 79.0 Å². The molecule has 1 saturated heterocycles. The molecule has 4 rings (SSSR count). The SMILES string of the molecule is Cc1cc(N2CC[C@H](OCC3CC3)C2)c2ccc(I)cc2n1. The second-order valence-corrected chi connectivity index (χ2v) is 7.82. The van der Waals surface area contributed by atoms with Gasteiger partial charge in [-0.25, -0.2) is 0 Å². The van der Waals surface area contributed by atoms with E-state index in [9.17, 15) is 0 Å². The van der Waals surface area contributed by atoms with Crippen LogP contribution in [-0.2, 0) is 4.74 Å². The summed E-state index contributed by atoms with van der Waals surface area (Å²) in [6, 6.07) is 8.76. The number of benzene rings is 1. The number of aryl methyl sites for hydroxylation is 1. The number of aromatic nitrogens is 1. The van der Waals surface area contributed by atoms with Crippen LogP contribution in [0.2, 0.25) is 0 Å². The zero-order valence-corrected chi connectivity index (χ0v) is 15.0. The summed E-state index contributed by atoms with van der Waals surface area (Å²) in [5, 5.41) is 1.26. The molecule has 1 atom stereocenters. The van der Waals surface area contributed by atoms with Crippen molar-refractivity contribution in [3.05, 3.63) is 33.5 Å². The van der Waals surface area contributed by atoms with Gasteiger partial charge in [-0.15, -0.1) is 0 Å². The number of fused-ring (bicyclic) bond motifs is 1. The minimum absolute atomic E-state index is 0.396. The van der Waals surface area contributed by atoms with Crippen molar-refractivity contribution in [3.63, 3.8) is 0 Å². The second-order valence-electron chi connectivity index (χ2n) is 6.58. The molecule has 2 aromatic rings. The van der Waals surface area contributed by atoms with Crippen molar-refractivity contribution in [2.75, 3.05) is 24.6 Å². The lowest BCUT2D eigenvalue weighted by Crippen LogP contribution is -2.23. The molecule has 3 nitrogen and oxygen atoms in total. The number of rotatable bonds is 4. The quantitative estimate of drug-likeness (QED) is 0.711. The molecule has 0 spiro atoms. The Bertz CT molecular complexity index is 694. The molecule has 1 aromatic heterocycles. The van der Waals surface area contributed by atoms with E-state index in [4.69, 9.17) is 9.72 Å². The number of ether oxygens (including phenoxy) is 1. The topological polar surface area (TPSA) is 25.4 Å². The molecular formula is C18H21IN2O. The van der Waals surface area contributed by atoms with Gasteiger partial charge in [0.05, 0.1) is 11.6 Å². The van der Waals surface area contributed by atoms with Crippen LogP contribution in [-0.4, -0.2) is 30.8 Å². The van der Waals surface area contributed by atoms with Crippen LogP contribution in [0.4, 0.5) is 5.69 Å².